The molecular formula is C20H25N3O4S. The zero-order chi connectivity index (χ0) is 20.6. The van der Waals surface area contributed by atoms with Crippen molar-refractivity contribution < 1.29 is 17.9 Å². The first-order chi connectivity index (χ1) is 13.1. The second-order valence-electron chi connectivity index (χ2n) is 7.24. The molecule has 0 saturated carbocycles. The molecule has 0 spiro atoms. The second kappa shape index (κ2) is 7.52. The Labute approximate surface area is 165 Å². The predicted molar refractivity (Wildman–Crippen MR) is 105 cm³/mol. The minimum absolute atomic E-state index is 0.226. The Balaban J connectivity index is 1.81. The average molecular weight is 404 g/mol. The van der Waals surface area contributed by atoms with E-state index in [9.17, 15) is 18.4 Å². The molecule has 0 atom stereocenters. The number of aryl methyl sites for hydroxylation is 2. The summed E-state index contributed by atoms with van der Waals surface area (Å²) in [4.78, 5) is 14.5. The number of piperazine rings is 1. The molecule has 0 aliphatic carbocycles. The Morgan fingerprint density at radius 1 is 1.04 bits per heavy atom. The third kappa shape index (κ3) is 3.62. The number of carbonyl (C=O) groups is 1. The van der Waals surface area contributed by atoms with Crippen molar-refractivity contribution in [2.45, 2.75) is 32.6 Å². The lowest BCUT2D eigenvalue weighted by Gasteiger charge is -2.34. The van der Waals surface area contributed by atoms with Crippen LogP contribution in [0, 0.1) is 32.9 Å². The van der Waals surface area contributed by atoms with Crippen LogP contribution >= 0.6 is 0 Å². The molecule has 1 amide bonds. The van der Waals surface area contributed by atoms with E-state index in [1.807, 2.05) is 33.8 Å². The topological polar surface area (TPSA) is 84.6 Å². The van der Waals surface area contributed by atoms with Crippen LogP contribution in [0.1, 0.15) is 32.6 Å². The van der Waals surface area contributed by atoms with Crippen LogP contribution in [-0.4, -0.2) is 49.7 Å². The molecule has 1 aliphatic rings. The fourth-order valence-electron chi connectivity index (χ4n) is 3.59. The molecule has 1 fully saturated rings. The zero-order valence-corrected chi connectivity index (χ0v) is 17.4. The highest BCUT2D eigenvalue weighted by molar-refractivity contribution is 7.89. The number of amides is 1. The summed E-state index contributed by atoms with van der Waals surface area (Å²) >= 11 is 0. The number of hydrogen-bond donors (Lipinski definition) is 0. The smallest absolute Gasteiger partial charge is 0.260 e. The molecule has 8 heteroatoms. The van der Waals surface area contributed by atoms with Crippen LogP contribution in [0.3, 0.4) is 0 Å². The first-order valence-electron chi connectivity index (χ1n) is 9.18. The van der Waals surface area contributed by atoms with Gasteiger partial charge in [0, 0.05) is 32.2 Å². The van der Waals surface area contributed by atoms with Gasteiger partial charge in [0.25, 0.3) is 5.91 Å². The number of rotatable bonds is 3. The maximum Gasteiger partial charge on any atom is 0.260 e. The Bertz CT molecular complexity index is 1000. The number of sulfonamides is 1. The third-order valence-corrected chi connectivity index (χ3v) is 7.62. The van der Waals surface area contributed by atoms with Crippen molar-refractivity contribution in [1.29, 1.82) is 0 Å². The lowest BCUT2D eigenvalue weighted by Crippen LogP contribution is -2.51. The normalized spacial score (nSPS) is 15.6. The van der Waals surface area contributed by atoms with Gasteiger partial charge in [0.1, 0.15) is 5.56 Å². The number of hydrogen-bond acceptors (Lipinski definition) is 4. The Hall–Kier alpha value is -2.45. The van der Waals surface area contributed by atoms with Gasteiger partial charge in [-0.15, -0.1) is 0 Å². The van der Waals surface area contributed by atoms with E-state index in [0.29, 0.717) is 15.2 Å². The van der Waals surface area contributed by atoms with Gasteiger partial charge in [0.05, 0.1) is 4.90 Å². The van der Waals surface area contributed by atoms with Crippen molar-refractivity contribution in [3.63, 3.8) is 0 Å². The van der Waals surface area contributed by atoms with E-state index in [1.54, 1.807) is 11.0 Å². The van der Waals surface area contributed by atoms with Gasteiger partial charge in [-0.2, -0.15) is 9.04 Å². The van der Waals surface area contributed by atoms with Crippen molar-refractivity contribution in [2.75, 3.05) is 26.2 Å². The molecule has 150 valence electrons. The SMILES string of the molecule is Cc1cc(C)c(C)c(S(=O)(=O)N2CCN(C(=O)c3ccc[n+]([O-])c3)CC2)c1C. The number of nitrogens with zero attached hydrogens (tertiary/aromatic N) is 3. The van der Waals surface area contributed by atoms with Crippen LogP contribution in [0.2, 0.25) is 0 Å². The molecule has 0 bridgehead atoms. The fraction of sp³-hybridized carbons (Fsp3) is 0.400. The summed E-state index contributed by atoms with van der Waals surface area (Å²) in [7, 11) is -3.65. The van der Waals surface area contributed by atoms with E-state index in [1.165, 1.54) is 22.8 Å². The molecule has 1 aliphatic heterocycles. The zero-order valence-electron chi connectivity index (χ0n) is 16.6. The van der Waals surface area contributed by atoms with Gasteiger partial charge in [-0.05, 0) is 56.0 Å². The third-order valence-electron chi connectivity index (χ3n) is 5.44. The van der Waals surface area contributed by atoms with Crippen LogP contribution in [0.25, 0.3) is 0 Å². The monoisotopic (exact) mass is 403 g/mol. The minimum atomic E-state index is -3.65. The molecule has 1 aromatic heterocycles. The summed E-state index contributed by atoms with van der Waals surface area (Å²) in [5.74, 6) is -0.263. The second-order valence-corrected chi connectivity index (χ2v) is 9.11. The van der Waals surface area contributed by atoms with Crippen LogP contribution < -0.4 is 4.73 Å². The molecule has 0 radical (unpaired) electrons. The quantitative estimate of drug-likeness (QED) is 0.577. The van der Waals surface area contributed by atoms with Crippen LogP contribution in [-0.2, 0) is 10.0 Å². The maximum absolute atomic E-state index is 13.3. The Morgan fingerprint density at radius 3 is 2.14 bits per heavy atom. The first kappa shape index (κ1) is 20.3. The van der Waals surface area contributed by atoms with Gasteiger partial charge in [-0.3, -0.25) is 4.79 Å². The van der Waals surface area contributed by atoms with E-state index >= 15 is 0 Å². The molecule has 7 nitrogen and oxygen atoms in total. The highest BCUT2D eigenvalue weighted by Gasteiger charge is 2.33. The van der Waals surface area contributed by atoms with Crippen molar-refractivity contribution in [3.05, 3.63) is 63.6 Å². The van der Waals surface area contributed by atoms with Gasteiger partial charge in [0.2, 0.25) is 10.0 Å². The van der Waals surface area contributed by atoms with Crippen LogP contribution in [0.15, 0.2) is 35.5 Å². The van der Waals surface area contributed by atoms with Crippen LogP contribution in [0.4, 0.5) is 0 Å². The van der Waals surface area contributed by atoms with Crippen molar-refractivity contribution in [3.8, 4) is 0 Å². The lowest BCUT2D eigenvalue weighted by atomic mass is 10.0. The summed E-state index contributed by atoms with van der Waals surface area (Å²) in [5.41, 5.74) is 3.74. The number of aromatic nitrogens is 1. The van der Waals surface area contributed by atoms with Crippen LogP contribution in [0.5, 0.6) is 0 Å². The van der Waals surface area contributed by atoms with Gasteiger partial charge >= 0.3 is 0 Å². The number of carbonyl (C=O) groups excluding carboxylic acids is 1. The molecule has 28 heavy (non-hydrogen) atoms. The largest absolute Gasteiger partial charge is 0.619 e. The highest BCUT2D eigenvalue weighted by Crippen LogP contribution is 2.29. The van der Waals surface area contributed by atoms with Gasteiger partial charge in [0.15, 0.2) is 12.4 Å². The maximum atomic E-state index is 13.3. The summed E-state index contributed by atoms with van der Waals surface area (Å²) < 4.78 is 28.6. The summed E-state index contributed by atoms with van der Waals surface area (Å²) in [6.07, 6.45) is 2.55. The van der Waals surface area contributed by atoms with Crippen molar-refractivity contribution in [1.82, 2.24) is 9.21 Å². The average Bonchev–Trinajstić information content (AvgIpc) is 2.66. The standard InChI is InChI=1S/C20H25N3O4S/c1-14-12-15(2)17(4)19(16(14)3)28(26,27)23-10-8-21(9-11-23)20(24)18-6-5-7-22(25)13-18/h5-7,12-13H,8-11H2,1-4H3. The van der Waals surface area contributed by atoms with Gasteiger partial charge in [-0.1, -0.05) is 6.07 Å². The van der Waals surface area contributed by atoms with Gasteiger partial charge in [-0.25, -0.2) is 8.42 Å². The number of pyridine rings is 1. The fourth-order valence-corrected chi connectivity index (χ4v) is 5.59. The van der Waals surface area contributed by atoms with E-state index in [-0.39, 0.29) is 32.1 Å². The summed E-state index contributed by atoms with van der Waals surface area (Å²) in [6, 6.07) is 5.11. The van der Waals surface area contributed by atoms with E-state index in [4.69, 9.17) is 0 Å². The predicted octanol–water partition coefficient (Wildman–Crippen LogP) is 1.70. The van der Waals surface area contributed by atoms with Crippen molar-refractivity contribution in [2.24, 2.45) is 0 Å². The Morgan fingerprint density at radius 2 is 1.61 bits per heavy atom. The first-order valence-corrected chi connectivity index (χ1v) is 10.6. The molecule has 3 rings (SSSR count). The van der Waals surface area contributed by atoms with E-state index < -0.39 is 10.0 Å². The molecular weight excluding hydrogens is 378 g/mol. The van der Waals surface area contributed by atoms with E-state index in [2.05, 4.69) is 0 Å². The molecule has 2 heterocycles. The van der Waals surface area contributed by atoms with Gasteiger partial charge < -0.3 is 10.1 Å². The highest BCUT2D eigenvalue weighted by atomic mass is 32.2. The summed E-state index contributed by atoms with van der Waals surface area (Å²) in [6.45, 7) is 8.53. The minimum Gasteiger partial charge on any atom is -0.619 e. The Kier molecular flexibility index (Phi) is 5.45. The van der Waals surface area contributed by atoms with Crippen molar-refractivity contribution >= 4 is 15.9 Å². The molecule has 1 saturated heterocycles. The molecule has 0 unspecified atom stereocenters. The van der Waals surface area contributed by atoms with E-state index in [0.717, 1.165) is 22.3 Å². The molecule has 0 N–H and O–H groups in total. The molecule has 1 aromatic carbocycles. The molecule has 2 aromatic rings. The number of benzene rings is 1. The summed E-state index contributed by atoms with van der Waals surface area (Å²) in [5, 5.41) is 11.4. The lowest BCUT2D eigenvalue weighted by molar-refractivity contribution is -0.605.